The average Bonchev–Trinajstić information content (AvgIpc) is 3.00. The normalized spacial score (nSPS) is 19.5. The molecule has 1 unspecified atom stereocenters. The quantitative estimate of drug-likeness (QED) is 0.780. The molecular weight excluding hydrogens is 324 g/mol. The molecule has 7 heteroatoms. The summed E-state index contributed by atoms with van der Waals surface area (Å²) >= 11 is 10.1. The van der Waals surface area contributed by atoms with Gasteiger partial charge in [-0.15, -0.1) is 11.6 Å². The van der Waals surface area contributed by atoms with Gasteiger partial charge in [-0.3, -0.25) is 0 Å². The van der Waals surface area contributed by atoms with Gasteiger partial charge in [0.1, 0.15) is 11.3 Å². The van der Waals surface area contributed by atoms with Crippen molar-refractivity contribution in [2.24, 2.45) is 0 Å². The molecule has 116 valence electrons. The maximum atomic E-state index is 5.97. The Morgan fingerprint density at radius 2 is 2.24 bits per heavy atom. The standard InChI is InChI=1S/C14H21ClN4S2/c1-3-19-14-13(10(2)17-19)16-12(4-5-15)18(14)8-11-9-20-6-7-21-11/h11H,3-9H2,1-2H3. The van der Waals surface area contributed by atoms with Gasteiger partial charge in [0.2, 0.25) is 0 Å². The van der Waals surface area contributed by atoms with Crippen LogP contribution >= 0.6 is 35.1 Å². The van der Waals surface area contributed by atoms with E-state index in [0.717, 1.165) is 36.5 Å². The molecule has 0 aromatic carbocycles. The summed E-state index contributed by atoms with van der Waals surface area (Å²) in [5, 5.41) is 5.27. The minimum Gasteiger partial charge on any atom is -0.312 e. The summed E-state index contributed by atoms with van der Waals surface area (Å²) < 4.78 is 4.45. The molecule has 0 saturated carbocycles. The monoisotopic (exact) mass is 344 g/mol. The highest BCUT2D eigenvalue weighted by atomic mass is 35.5. The lowest BCUT2D eigenvalue weighted by Crippen LogP contribution is -2.22. The minimum absolute atomic E-state index is 0.616. The third kappa shape index (κ3) is 3.08. The number of halogens is 1. The van der Waals surface area contributed by atoms with Crippen LogP contribution in [0.15, 0.2) is 0 Å². The second-order valence-electron chi connectivity index (χ2n) is 5.22. The lowest BCUT2D eigenvalue weighted by atomic mass is 10.4. The second-order valence-corrected chi connectivity index (χ2v) is 8.15. The fraction of sp³-hybridized carbons (Fsp3) is 0.714. The van der Waals surface area contributed by atoms with Crippen LogP contribution in [0.1, 0.15) is 18.4 Å². The van der Waals surface area contributed by atoms with Crippen molar-refractivity contribution in [3.05, 3.63) is 11.5 Å². The summed E-state index contributed by atoms with van der Waals surface area (Å²) in [6.07, 6.45) is 0.823. The lowest BCUT2D eigenvalue weighted by Gasteiger charge is -2.22. The predicted octanol–water partition coefficient (Wildman–Crippen LogP) is 3.19. The van der Waals surface area contributed by atoms with Crippen molar-refractivity contribution in [1.82, 2.24) is 19.3 Å². The van der Waals surface area contributed by atoms with E-state index in [1.54, 1.807) is 0 Å². The largest absolute Gasteiger partial charge is 0.312 e. The van der Waals surface area contributed by atoms with E-state index in [1.807, 2.05) is 6.92 Å². The summed E-state index contributed by atoms with van der Waals surface area (Å²) in [5.41, 5.74) is 3.24. The van der Waals surface area contributed by atoms with Gasteiger partial charge in [0.15, 0.2) is 5.65 Å². The van der Waals surface area contributed by atoms with Crippen LogP contribution in [0.4, 0.5) is 0 Å². The van der Waals surface area contributed by atoms with Gasteiger partial charge in [0.25, 0.3) is 0 Å². The molecule has 1 fully saturated rings. The van der Waals surface area contributed by atoms with E-state index in [9.17, 15) is 0 Å². The minimum atomic E-state index is 0.616. The number of hydrogen-bond acceptors (Lipinski definition) is 4. The zero-order chi connectivity index (χ0) is 14.8. The summed E-state index contributed by atoms with van der Waals surface area (Å²) in [6, 6.07) is 0. The van der Waals surface area contributed by atoms with Crippen molar-refractivity contribution < 1.29 is 0 Å². The number of aromatic nitrogens is 4. The number of rotatable bonds is 5. The van der Waals surface area contributed by atoms with Gasteiger partial charge in [-0.1, -0.05) is 0 Å². The Morgan fingerprint density at radius 3 is 2.90 bits per heavy atom. The fourth-order valence-corrected chi connectivity index (χ4v) is 5.62. The molecule has 1 aliphatic rings. The Bertz CT molecular complexity index is 616. The molecule has 3 heterocycles. The molecule has 0 N–H and O–H groups in total. The smallest absolute Gasteiger partial charge is 0.158 e. The Kier molecular flexibility index (Phi) is 5.07. The third-order valence-corrected chi connectivity index (χ3v) is 6.78. The average molecular weight is 345 g/mol. The van der Waals surface area contributed by atoms with E-state index in [1.165, 1.54) is 22.9 Å². The van der Waals surface area contributed by atoms with E-state index in [0.29, 0.717) is 11.1 Å². The molecule has 2 aromatic heterocycles. The number of aryl methyl sites for hydroxylation is 3. The van der Waals surface area contributed by atoms with E-state index in [4.69, 9.17) is 16.6 Å². The van der Waals surface area contributed by atoms with Crippen LogP contribution in [0.5, 0.6) is 0 Å². The Balaban J connectivity index is 2.01. The fourth-order valence-electron chi connectivity index (χ4n) is 2.80. The van der Waals surface area contributed by atoms with Crippen molar-refractivity contribution in [3.63, 3.8) is 0 Å². The summed E-state index contributed by atoms with van der Waals surface area (Å²) in [6.45, 7) is 6.08. The second kappa shape index (κ2) is 6.84. The first-order valence-electron chi connectivity index (χ1n) is 7.42. The zero-order valence-electron chi connectivity index (χ0n) is 12.5. The summed E-state index contributed by atoms with van der Waals surface area (Å²) in [7, 11) is 0. The van der Waals surface area contributed by atoms with Crippen LogP contribution in [0.3, 0.4) is 0 Å². The Morgan fingerprint density at radius 1 is 1.38 bits per heavy atom. The Labute approximate surface area is 139 Å². The maximum absolute atomic E-state index is 5.97. The van der Waals surface area contributed by atoms with Gasteiger partial charge in [-0.2, -0.15) is 28.6 Å². The Hall–Kier alpha value is -0.330. The SMILES string of the molecule is CCn1nc(C)c2nc(CCCl)n(CC3CSCCS3)c21. The van der Waals surface area contributed by atoms with E-state index in [2.05, 4.69) is 44.8 Å². The number of imidazole rings is 1. The molecule has 1 atom stereocenters. The van der Waals surface area contributed by atoms with Crippen molar-refractivity contribution in [2.75, 3.05) is 23.1 Å². The first-order valence-corrected chi connectivity index (χ1v) is 10.2. The first kappa shape index (κ1) is 15.6. The van der Waals surface area contributed by atoms with Gasteiger partial charge < -0.3 is 4.57 Å². The third-order valence-electron chi connectivity index (χ3n) is 3.77. The van der Waals surface area contributed by atoms with Gasteiger partial charge in [0, 0.05) is 47.9 Å². The molecular formula is C14H21ClN4S2. The number of fused-ring (bicyclic) bond motifs is 1. The van der Waals surface area contributed by atoms with Crippen LogP contribution in [-0.4, -0.2) is 47.7 Å². The molecule has 1 aliphatic heterocycles. The molecule has 0 radical (unpaired) electrons. The molecule has 0 spiro atoms. The highest BCUT2D eigenvalue weighted by Crippen LogP contribution is 2.28. The maximum Gasteiger partial charge on any atom is 0.158 e. The highest BCUT2D eigenvalue weighted by Gasteiger charge is 2.22. The molecule has 0 amide bonds. The van der Waals surface area contributed by atoms with Gasteiger partial charge >= 0.3 is 0 Å². The zero-order valence-corrected chi connectivity index (χ0v) is 14.9. The van der Waals surface area contributed by atoms with E-state index >= 15 is 0 Å². The molecule has 2 aromatic rings. The van der Waals surface area contributed by atoms with Crippen molar-refractivity contribution >= 4 is 46.3 Å². The lowest BCUT2D eigenvalue weighted by molar-refractivity contribution is 0.611. The highest BCUT2D eigenvalue weighted by molar-refractivity contribution is 8.06. The number of hydrogen-bond donors (Lipinski definition) is 0. The van der Waals surface area contributed by atoms with Crippen LogP contribution in [0.25, 0.3) is 11.2 Å². The van der Waals surface area contributed by atoms with Crippen molar-refractivity contribution in [2.45, 2.75) is 38.6 Å². The summed E-state index contributed by atoms with van der Waals surface area (Å²) in [4.78, 5) is 4.82. The van der Waals surface area contributed by atoms with Gasteiger partial charge in [0.05, 0.1) is 5.69 Å². The van der Waals surface area contributed by atoms with Crippen LogP contribution in [0.2, 0.25) is 0 Å². The van der Waals surface area contributed by atoms with Crippen molar-refractivity contribution in [3.8, 4) is 0 Å². The van der Waals surface area contributed by atoms with E-state index < -0.39 is 0 Å². The topological polar surface area (TPSA) is 35.6 Å². The number of thioether (sulfide) groups is 2. The number of nitrogens with zero attached hydrogens (tertiary/aromatic N) is 4. The van der Waals surface area contributed by atoms with Crippen molar-refractivity contribution in [1.29, 1.82) is 0 Å². The molecule has 3 rings (SSSR count). The van der Waals surface area contributed by atoms with Gasteiger partial charge in [-0.25, -0.2) is 9.67 Å². The number of alkyl halides is 1. The molecule has 0 aliphatic carbocycles. The van der Waals surface area contributed by atoms with Crippen LogP contribution < -0.4 is 0 Å². The molecule has 1 saturated heterocycles. The van der Waals surface area contributed by atoms with Crippen LogP contribution in [-0.2, 0) is 19.5 Å². The predicted molar refractivity (Wildman–Crippen MR) is 93.9 cm³/mol. The van der Waals surface area contributed by atoms with E-state index in [-0.39, 0.29) is 0 Å². The molecule has 4 nitrogen and oxygen atoms in total. The first-order chi connectivity index (χ1) is 10.2. The molecule has 21 heavy (non-hydrogen) atoms. The van der Waals surface area contributed by atoms with Gasteiger partial charge in [-0.05, 0) is 13.8 Å². The summed E-state index contributed by atoms with van der Waals surface area (Å²) in [5.74, 6) is 5.48. The van der Waals surface area contributed by atoms with Crippen LogP contribution in [0, 0.1) is 6.92 Å². The molecule has 0 bridgehead atoms.